The van der Waals surface area contributed by atoms with E-state index in [2.05, 4.69) is 25.7 Å². The molecule has 0 amide bonds. The Morgan fingerprint density at radius 1 is 1.33 bits per heavy atom. The van der Waals surface area contributed by atoms with E-state index in [-0.39, 0.29) is 17.3 Å². The van der Waals surface area contributed by atoms with Gasteiger partial charge in [0, 0.05) is 24.2 Å². The number of nitrogens with two attached hydrogens (primary N) is 1. The smallest absolute Gasteiger partial charge is 0.125 e. The Hall–Kier alpha value is -0.640. The molecular formula is C14H22ClFN2. The van der Waals surface area contributed by atoms with E-state index in [1.54, 1.807) is 6.07 Å². The van der Waals surface area contributed by atoms with Crippen molar-refractivity contribution in [3.63, 3.8) is 0 Å². The molecule has 102 valence electrons. The van der Waals surface area contributed by atoms with E-state index in [9.17, 15) is 4.39 Å². The predicted molar refractivity (Wildman–Crippen MR) is 75.3 cm³/mol. The molecule has 0 spiro atoms. The number of halogens is 2. The second-order valence-electron chi connectivity index (χ2n) is 5.93. The zero-order valence-corrected chi connectivity index (χ0v) is 12.3. The molecule has 2 nitrogen and oxygen atoms in total. The van der Waals surface area contributed by atoms with Gasteiger partial charge in [0.25, 0.3) is 0 Å². The summed E-state index contributed by atoms with van der Waals surface area (Å²) in [6.45, 7) is 7.80. The Morgan fingerprint density at radius 3 is 2.39 bits per heavy atom. The van der Waals surface area contributed by atoms with Crippen LogP contribution in [0.15, 0.2) is 18.2 Å². The summed E-state index contributed by atoms with van der Waals surface area (Å²) in [5.74, 6) is -0.319. The quantitative estimate of drug-likeness (QED) is 0.910. The lowest BCUT2D eigenvalue weighted by Gasteiger charge is -2.33. The van der Waals surface area contributed by atoms with Gasteiger partial charge in [-0.25, -0.2) is 4.39 Å². The number of hydrogen-bond acceptors (Lipinski definition) is 2. The molecule has 0 aliphatic rings. The van der Waals surface area contributed by atoms with Crippen molar-refractivity contribution >= 4 is 11.6 Å². The Morgan fingerprint density at radius 2 is 1.94 bits per heavy atom. The second kappa shape index (κ2) is 6.00. The van der Waals surface area contributed by atoms with Gasteiger partial charge in [0.2, 0.25) is 0 Å². The van der Waals surface area contributed by atoms with Gasteiger partial charge >= 0.3 is 0 Å². The lowest BCUT2D eigenvalue weighted by Crippen LogP contribution is -2.36. The fourth-order valence-electron chi connectivity index (χ4n) is 2.20. The third-order valence-electron chi connectivity index (χ3n) is 2.75. The van der Waals surface area contributed by atoms with Gasteiger partial charge < -0.3 is 5.73 Å². The van der Waals surface area contributed by atoms with Crippen molar-refractivity contribution in [3.05, 3.63) is 34.6 Å². The SMILES string of the molecule is CN(CC(C)(C)C)C(CN)c1cc(F)cc(Cl)c1. The maximum absolute atomic E-state index is 13.4. The minimum absolute atomic E-state index is 0.0163. The van der Waals surface area contributed by atoms with E-state index in [0.29, 0.717) is 11.6 Å². The molecule has 0 saturated carbocycles. The van der Waals surface area contributed by atoms with Crippen molar-refractivity contribution in [1.82, 2.24) is 4.90 Å². The standard InChI is InChI=1S/C14H22ClFN2/c1-14(2,3)9-18(4)13(8-17)10-5-11(15)7-12(16)6-10/h5-7,13H,8-9,17H2,1-4H3. The summed E-state index contributed by atoms with van der Waals surface area (Å²) in [6, 6.07) is 4.57. The molecule has 2 N–H and O–H groups in total. The third kappa shape index (κ3) is 4.56. The molecule has 0 aliphatic heterocycles. The van der Waals surface area contributed by atoms with Crippen molar-refractivity contribution in [2.24, 2.45) is 11.1 Å². The zero-order valence-electron chi connectivity index (χ0n) is 11.5. The van der Waals surface area contributed by atoms with Gasteiger partial charge in [-0.1, -0.05) is 32.4 Å². The summed E-state index contributed by atoms with van der Waals surface area (Å²) in [5, 5.41) is 0.410. The summed E-state index contributed by atoms with van der Waals surface area (Å²) in [6.07, 6.45) is 0. The molecule has 0 saturated heterocycles. The molecule has 0 fully saturated rings. The largest absolute Gasteiger partial charge is 0.329 e. The lowest BCUT2D eigenvalue weighted by atomic mass is 9.94. The van der Waals surface area contributed by atoms with Crippen LogP contribution in [0.25, 0.3) is 0 Å². The van der Waals surface area contributed by atoms with E-state index < -0.39 is 0 Å². The van der Waals surface area contributed by atoms with Crippen molar-refractivity contribution in [2.45, 2.75) is 26.8 Å². The Kier molecular flexibility index (Phi) is 5.14. The normalized spacial score (nSPS) is 14.0. The molecule has 1 rings (SSSR count). The lowest BCUT2D eigenvalue weighted by molar-refractivity contribution is 0.175. The molecule has 4 heteroatoms. The van der Waals surface area contributed by atoms with Crippen molar-refractivity contribution in [3.8, 4) is 0 Å². The van der Waals surface area contributed by atoms with Crippen LogP contribution < -0.4 is 5.73 Å². The van der Waals surface area contributed by atoms with Gasteiger partial charge in [0.05, 0.1) is 0 Å². The molecule has 0 heterocycles. The van der Waals surface area contributed by atoms with Gasteiger partial charge in [-0.05, 0) is 36.2 Å². The number of likely N-dealkylation sites (N-methyl/N-ethyl adjacent to an activating group) is 1. The van der Waals surface area contributed by atoms with Crippen LogP contribution in [0, 0.1) is 11.2 Å². The van der Waals surface area contributed by atoms with E-state index in [1.165, 1.54) is 12.1 Å². The Balaban J connectivity index is 2.95. The summed E-state index contributed by atoms with van der Waals surface area (Å²) < 4.78 is 13.4. The van der Waals surface area contributed by atoms with Crippen LogP contribution in [0.2, 0.25) is 5.02 Å². The molecule has 1 aromatic rings. The Labute approximate surface area is 114 Å². The minimum atomic E-state index is -0.319. The maximum atomic E-state index is 13.4. The van der Waals surface area contributed by atoms with Gasteiger partial charge in [0.15, 0.2) is 0 Å². The monoisotopic (exact) mass is 272 g/mol. The van der Waals surface area contributed by atoms with Crippen LogP contribution in [0.5, 0.6) is 0 Å². The van der Waals surface area contributed by atoms with Crippen molar-refractivity contribution < 1.29 is 4.39 Å². The molecule has 18 heavy (non-hydrogen) atoms. The minimum Gasteiger partial charge on any atom is -0.329 e. The number of hydrogen-bond donors (Lipinski definition) is 1. The van der Waals surface area contributed by atoms with Crippen LogP contribution in [0.4, 0.5) is 4.39 Å². The van der Waals surface area contributed by atoms with Crippen LogP contribution in [0.3, 0.4) is 0 Å². The average molecular weight is 273 g/mol. The first-order chi connectivity index (χ1) is 8.23. The summed E-state index contributed by atoms with van der Waals surface area (Å²) in [5.41, 5.74) is 6.81. The van der Waals surface area contributed by atoms with Crippen molar-refractivity contribution in [2.75, 3.05) is 20.1 Å². The van der Waals surface area contributed by atoms with Crippen LogP contribution in [-0.4, -0.2) is 25.0 Å². The highest BCUT2D eigenvalue weighted by atomic mass is 35.5. The second-order valence-corrected chi connectivity index (χ2v) is 6.37. The molecule has 1 aromatic carbocycles. The van der Waals surface area contributed by atoms with Crippen LogP contribution in [-0.2, 0) is 0 Å². The fraction of sp³-hybridized carbons (Fsp3) is 0.571. The van der Waals surface area contributed by atoms with E-state index >= 15 is 0 Å². The van der Waals surface area contributed by atoms with Crippen LogP contribution >= 0.6 is 11.6 Å². The first-order valence-corrected chi connectivity index (χ1v) is 6.47. The molecule has 1 atom stereocenters. The maximum Gasteiger partial charge on any atom is 0.125 e. The average Bonchev–Trinajstić information content (AvgIpc) is 2.13. The molecule has 1 unspecified atom stereocenters. The highest BCUT2D eigenvalue weighted by Crippen LogP contribution is 2.26. The Bertz CT molecular complexity index is 381. The zero-order chi connectivity index (χ0) is 13.9. The van der Waals surface area contributed by atoms with Crippen LogP contribution in [0.1, 0.15) is 32.4 Å². The van der Waals surface area contributed by atoms with E-state index in [0.717, 1.165) is 12.1 Å². The fourth-order valence-corrected chi connectivity index (χ4v) is 2.43. The topological polar surface area (TPSA) is 29.3 Å². The first kappa shape index (κ1) is 15.4. The summed E-state index contributed by atoms with van der Waals surface area (Å²) >= 11 is 5.89. The highest BCUT2D eigenvalue weighted by molar-refractivity contribution is 6.30. The summed E-state index contributed by atoms with van der Waals surface area (Å²) in [7, 11) is 2.00. The molecular weight excluding hydrogens is 251 g/mol. The number of rotatable bonds is 4. The van der Waals surface area contributed by atoms with Crippen molar-refractivity contribution in [1.29, 1.82) is 0 Å². The summed E-state index contributed by atoms with van der Waals surface area (Å²) in [4.78, 5) is 2.14. The van der Waals surface area contributed by atoms with Gasteiger partial charge in [-0.3, -0.25) is 4.90 Å². The van der Waals surface area contributed by atoms with Gasteiger partial charge in [-0.15, -0.1) is 0 Å². The molecule has 0 bridgehead atoms. The number of nitrogens with zero attached hydrogens (tertiary/aromatic N) is 1. The third-order valence-corrected chi connectivity index (χ3v) is 2.97. The van der Waals surface area contributed by atoms with E-state index in [4.69, 9.17) is 17.3 Å². The molecule has 0 aromatic heterocycles. The van der Waals surface area contributed by atoms with Gasteiger partial charge in [0.1, 0.15) is 5.82 Å². The first-order valence-electron chi connectivity index (χ1n) is 6.09. The predicted octanol–water partition coefficient (Wildman–Crippen LogP) is 3.46. The molecule has 0 radical (unpaired) electrons. The molecule has 0 aliphatic carbocycles. The van der Waals surface area contributed by atoms with Gasteiger partial charge in [-0.2, -0.15) is 0 Å². The van der Waals surface area contributed by atoms with E-state index in [1.807, 2.05) is 7.05 Å². The highest BCUT2D eigenvalue weighted by Gasteiger charge is 2.21. The number of benzene rings is 1.